The lowest BCUT2D eigenvalue weighted by Crippen LogP contribution is -2.31. The van der Waals surface area contributed by atoms with Gasteiger partial charge < -0.3 is 0 Å². The van der Waals surface area contributed by atoms with Crippen molar-refractivity contribution >= 4 is 0 Å². The van der Waals surface area contributed by atoms with Crippen molar-refractivity contribution in [3.63, 3.8) is 0 Å². The Balaban J connectivity index is 1.49. The van der Waals surface area contributed by atoms with Crippen LogP contribution in [0.15, 0.2) is 36.7 Å². The predicted molar refractivity (Wildman–Crippen MR) is 108 cm³/mol. The van der Waals surface area contributed by atoms with Crippen molar-refractivity contribution in [2.24, 2.45) is 0 Å². The van der Waals surface area contributed by atoms with Crippen LogP contribution in [-0.2, 0) is 31.1 Å². The summed E-state index contributed by atoms with van der Waals surface area (Å²) in [7, 11) is 0. The molecule has 3 heterocycles. The van der Waals surface area contributed by atoms with Crippen molar-refractivity contribution in [1.82, 2.24) is 25.1 Å². The molecule has 1 aromatic carbocycles. The number of nitrogens with zero attached hydrogens (tertiary/aromatic N) is 4. The highest BCUT2D eigenvalue weighted by Gasteiger charge is 2.30. The van der Waals surface area contributed by atoms with Crippen LogP contribution in [0, 0.1) is 0 Å². The number of aromatic amines is 1. The fourth-order valence-electron chi connectivity index (χ4n) is 3.78. The Morgan fingerprint density at radius 2 is 1.80 bits per heavy atom. The summed E-state index contributed by atoms with van der Waals surface area (Å²) in [6.07, 6.45) is 0.108. The number of rotatable bonds is 3. The summed E-state index contributed by atoms with van der Waals surface area (Å²) in [6, 6.07) is 4.98. The SMILES string of the molecule is CC(C)(C)c1[nH]ncc1CN1CCc2nc(-c3ccc(C(F)(F)F)cc3)ncc2C1. The van der Waals surface area contributed by atoms with E-state index in [9.17, 15) is 13.2 Å². The molecular formula is C22H24F3N5. The van der Waals surface area contributed by atoms with Gasteiger partial charge >= 0.3 is 6.18 Å². The van der Waals surface area contributed by atoms with E-state index in [2.05, 4.69) is 45.8 Å². The van der Waals surface area contributed by atoms with E-state index in [1.807, 2.05) is 6.20 Å². The number of nitrogens with one attached hydrogen (secondary N) is 1. The molecular weight excluding hydrogens is 391 g/mol. The highest BCUT2D eigenvalue weighted by molar-refractivity contribution is 5.56. The summed E-state index contributed by atoms with van der Waals surface area (Å²) in [6.45, 7) is 8.86. The molecule has 0 radical (unpaired) electrons. The Bertz CT molecular complexity index is 1030. The molecule has 0 bridgehead atoms. The van der Waals surface area contributed by atoms with Gasteiger partial charge in [-0.15, -0.1) is 0 Å². The second kappa shape index (κ2) is 7.50. The van der Waals surface area contributed by atoms with Gasteiger partial charge in [0.15, 0.2) is 5.82 Å². The highest BCUT2D eigenvalue weighted by atomic mass is 19.4. The maximum atomic E-state index is 12.8. The van der Waals surface area contributed by atoms with Gasteiger partial charge in [-0.25, -0.2) is 9.97 Å². The molecule has 0 saturated carbocycles. The minimum Gasteiger partial charge on any atom is -0.294 e. The molecule has 0 unspecified atom stereocenters. The summed E-state index contributed by atoms with van der Waals surface area (Å²) < 4.78 is 38.3. The van der Waals surface area contributed by atoms with Gasteiger partial charge in [0, 0.05) is 60.1 Å². The summed E-state index contributed by atoms with van der Waals surface area (Å²) >= 11 is 0. The molecule has 3 aromatic rings. The molecule has 0 saturated heterocycles. The standard InChI is InChI=1S/C22H24F3N5/c1-21(2,3)19-16(11-27-29-19)13-30-9-8-18-15(12-30)10-26-20(28-18)14-4-6-17(7-5-14)22(23,24)25/h4-7,10-11H,8-9,12-13H2,1-3H3,(H,27,29). The van der Waals surface area contributed by atoms with Gasteiger partial charge in [-0.1, -0.05) is 32.9 Å². The Morgan fingerprint density at radius 3 is 2.47 bits per heavy atom. The number of aromatic nitrogens is 4. The third-order valence-electron chi connectivity index (χ3n) is 5.35. The smallest absolute Gasteiger partial charge is 0.294 e. The van der Waals surface area contributed by atoms with Gasteiger partial charge in [0.1, 0.15) is 0 Å². The number of alkyl halides is 3. The van der Waals surface area contributed by atoms with Gasteiger partial charge in [0.2, 0.25) is 0 Å². The van der Waals surface area contributed by atoms with Crippen molar-refractivity contribution in [3.8, 4) is 11.4 Å². The van der Waals surface area contributed by atoms with Gasteiger partial charge in [0.05, 0.1) is 17.5 Å². The lowest BCUT2D eigenvalue weighted by Gasteiger charge is -2.29. The van der Waals surface area contributed by atoms with E-state index in [4.69, 9.17) is 0 Å². The fraction of sp³-hybridized carbons (Fsp3) is 0.409. The van der Waals surface area contributed by atoms with Crippen molar-refractivity contribution in [1.29, 1.82) is 0 Å². The maximum absolute atomic E-state index is 12.8. The number of benzene rings is 1. The molecule has 8 heteroatoms. The van der Waals surface area contributed by atoms with E-state index in [0.717, 1.165) is 55.1 Å². The maximum Gasteiger partial charge on any atom is 0.416 e. The van der Waals surface area contributed by atoms with Crippen LogP contribution in [0.2, 0.25) is 0 Å². The largest absolute Gasteiger partial charge is 0.416 e. The van der Waals surface area contributed by atoms with E-state index in [-0.39, 0.29) is 5.41 Å². The van der Waals surface area contributed by atoms with Crippen LogP contribution in [0.4, 0.5) is 13.2 Å². The van der Waals surface area contributed by atoms with Gasteiger partial charge in [0.25, 0.3) is 0 Å². The average molecular weight is 415 g/mol. The summed E-state index contributed by atoms with van der Waals surface area (Å²) in [5.74, 6) is 0.459. The lowest BCUT2D eigenvalue weighted by atomic mass is 9.89. The molecule has 0 spiro atoms. The third-order valence-corrected chi connectivity index (χ3v) is 5.35. The lowest BCUT2D eigenvalue weighted by molar-refractivity contribution is -0.137. The summed E-state index contributed by atoms with van der Waals surface area (Å²) in [4.78, 5) is 11.4. The first kappa shape index (κ1) is 20.5. The summed E-state index contributed by atoms with van der Waals surface area (Å²) in [5, 5.41) is 7.34. The molecule has 2 aromatic heterocycles. The number of hydrogen-bond acceptors (Lipinski definition) is 4. The predicted octanol–water partition coefficient (Wildman–Crippen LogP) is 4.74. The van der Waals surface area contributed by atoms with Crippen molar-refractivity contribution < 1.29 is 13.2 Å². The zero-order chi connectivity index (χ0) is 21.5. The van der Waals surface area contributed by atoms with Crippen molar-refractivity contribution in [3.05, 3.63) is 64.7 Å². The molecule has 0 atom stereocenters. The van der Waals surface area contributed by atoms with Crippen LogP contribution in [0.25, 0.3) is 11.4 Å². The van der Waals surface area contributed by atoms with Crippen LogP contribution in [-0.4, -0.2) is 31.6 Å². The van der Waals surface area contributed by atoms with Crippen molar-refractivity contribution in [2.75, 3.05) is 6.54 Å². The third kappa shape index (κ3) is 4.23. The van der Waals surface area contributed by atoms with E-state index >= 15 is 0 Å². The molecule has 1 N–H and O–H groups in total. The van der Waals surface area contributed by atoms with E-state index < -0.39 is 11.7 Å². The first-order chi connectivity index (χ1) is 14.1. The first-order valence-corrected chi connectivity index (χ1v) is 9.89. The Hall–Kier alpha value is -2.74. The topological polar surface area (TPSA) is 57.7 Å². The molecule has 1 aliphatic heterocycles. The molecule has 5 nitrogen and oxygen atoms in total. The average Bonchev–Trinajstić information content (AvgIpc) is 3.16. The van der Waals surface area contributed by atoms with E-state index in [1.165, 1.54) is 17.7 Å². The summed E-state index contributed by atoms with van der Waals surface area (Å²) in [5.41, 5.74) is 4.25. The molecule has 158 valence electrons. The minimum absolute atomic E-state index is 0.000790. The number of hydrogen-bond donors (Lipinski definition) is 1. The normalized spacial score (nSPS) is 15.3. The van der Waals surface area contributed by atoms with Crippen molar-refractivity contribution in [2.45, 2.75) is 51.9 Å². The van der Waals surface area contributed by atoms with Gasteiger partial charge in [-0.2, -0.15) is 18.3 Å². The van der Waals surface area contributed by atoms with Crippen LogP contribution in [0.3, 0.4) is 0 Å². The number of halogens is 3. The van der Waals surface area contributed by atoms with Gasteiger partial charge in [-0.05, 0) is 12.1 Å². The number of H-pyrrole nitrogens is 1. The Kier molecular flexibility index (Phi) is 5.13. The van der Waals surface area contributed by atoms with Crippen LogP contribution < -0.4 is 0 Å². The quantitative estimate of drug-likeness (QED) is 0.671. The molecule has 0 aliphatic carbocycles. The Labute approximate surface area is 173 Å². The first-order valence-electron chi connectivity index (χ1n) is 9.89. The number of fused-ring (bicyclic) bond motifs is 1. The molecule has 0 fully saturated rings. The second-order valence-corrected chi connectivity index (χ2v) is 8.72. The van der Waals surface area contributed by atoms with Crippen LogP contribution in [0.1, 0.15) is 48.8 Å². The van der Waals surface area contributed by atoms with Crippen LogP contribution in [0.5, 0.6) is 0 Å². The fourth-order valence-corrected chi connectivity index (χ4v) is 3.78. The molecule has 4 rings (SSSR count). The van der Waals surface area contributed by atoms with Gasteiger partial charge in [-0.3, -0.25) is 10.00 Å². The molecule has 0 amide bonds. The zero-order valence-electron chi connectivity index (χ0n) is 17.2. The van der Waals surface area contributed by atoms with Crippen LogP contribution >= 0.6 is 0 Å². The monoisotopic (exact) mass is 415 g/mol. The molecule has 30 heavy (non-hydrogen) atoms. The molecule has 1 aliphatic rings. The highest BCUT2D eigenvalue weighted by Crippen LogP contribution is 2.31. The van der Waals surface area contributed by atoms with E-state index in [1.54, 1.807) is 6.20 Å². The minimum atomic E-state index is -4.35. The second-order valence-electron chi connectivity index (χ2n) is 8.72. The zero-order valence-corrected chi connectivity index (χ0v) is 17.2. The van der Waals surface area contributed by atoms with E-state index in [0.29, 0.717) is 11.4 Å². The Morgan fingerprint density at radius 1 is 1.07 bits per heavy atom.